The van der Waals surface area contributed by atoms with Crippen LogP contribution in [-0.4, -0.2) is 50.0 Å². The number of pyridine rings is 1. The van der Waals surface area contributed by atoms with Gasteiger partial charge >= 0.3 is 0 Å². The Hall–Kier alpha value is -2.93. The van der Waals surface area contributed by atoms with Crippen LogP contribution in [0.3, 0.4) is 0 Å². The molecule has 0 unspecified atom stereocenters. The molecule has 1 aliphatic rings. The van der Waals surface area contributed by atoms with Gasteiger partial charge in [0.1, 0.15) is 0 Å². The molecule has 156 valence electrons. The zero-order valence-corrected chi connectivity index (χ0v) is 17.8. The van der Waals surface area contributed by atoms with Crippen LogP contribution in [0.2, 0.25) is 5.02 Å². The predicted molar refractivity (Wildman–Crippen MR) is 114 cm³/mol. The molecule has 0 radical (unpaired) electrons. The van der Waals surface area contributed by atoms with Gasteiger partial charge in [0.05, 0.1) is 35.3 Å². The average molecular weight is 426 g/mol. The standard InChI is InChI=1S/C22H24ClN5O2/c1-15-3-7-20(28-25-9-10-26-28)19(11-15)22(29)27-13-17(5-4-16(27)2)14-30-21-8-6-18(23)12-24-21/h3,6-12,16-17H,4-5,13-14H2,1-2H3/t16-,17-/m1/s1. The van der Waals surface area contributed by atoms with E-state index >= 15 is 0 Å². The molecule has 0 saturated carbocycles. The summed E-state index contributed by atoms with van der Waals surface area (Å²) in [5, 5.41) is 8.99. The minimum absolute atomic E-state index is 0.00665. The van der Waals surface area contributed by atoms with Crippen molar-refractivity contribution in [3.63, 3.8) is 0 Å². The normalized spacial score (nSPS) is 19.0. The van der Waals surface area contributed by atoms with Crippen LogP contribution in [-0.2, 0) is 0 Å². The lowest BCUT2D eigenvalue weighted by Gasteiger charge is -2.38. The van der Waals surface area contributed by atoms with E-state index in [0.717, 1.165) is 18.4 Å². The van der Waals surface area contributed by atoms with Crippen LogP contribution in [0.5, 0.6) is 5.88 Å². The number of aryl methyl sites for hydroxylation is 1. The molecule has 0 spiro atoms. The molecule has 0 N–H and O–H groups in total. The Kier molecular flexibility index (Phi) is 5.99. The average Bonchev–Trinajstić information content (AvgIpc) is 3.28. The second-order valence-electron chi connectivity index (χ2n) is 7.71. The van der Waals surface area contributed by atoms with Crippen LogP contribution in [0.15, 0.2) is 48.9 Å². The third-order valence-electron chi connectivity index (χ3n) is 5.42. The van der Waals surface area contributed by atoms with Crippen molar-refractivity contribution in [2.24, 2.45) is 5.92 Å². The van der Waals surface area contributed by atoms with Crippen LogP contribution < -0.4 is 4.74 Å². The van der Waals surface area contributed by atoms with Crippen LogP contribution in [0.1, 0.15) is 35.7 Å². The molecular formula is C22H24ClN5O2. The molecular weight excluding hydrogens is 402 g/mol. The summed E-state index contributed by atoms with van der Waals surface area (Å²) >= 11 is 5.88. The number of ether oxygens (including phenoxy) is 1. The number of piperidine rings is 1. The Bertz CT molecular complexity index is 1010. The third kappa shape index (κ3) is 4.46. The maximum absolute atomic E-state index is 13.5. The first-order valence-corrected chi connectivity index (χ1v) is 10.4. The van der Waals surface area contributed by atoms with Gasteiger partial charge in [-0.25, -0.2) is 4.98 Å². The minimum atomic E-state index is -0.00665. The highest BCUT2D eigenvalue weighted by molar-refractivity contribution is 6.30. The van der Waals surface area contributed by atoms with Gasteiger partial charge in [-0.2, -0.15) is 15.0 Å². The zero-order valence-electron chi connectivity index (χ0n) is 17.0. The minimum Gasteiger partial charge on any atom is -0.477 e. The number of nitrogens with zero attached hydrogens (tertiary/aromatic N) is 5. The topological polar surface area (TPSA) is 73.1 Å². The van der Waals surface area contributed by atoms with Crippen molar-refractivity contribution in [2.45, 2.75) is 32.7 Å². The Morgan fingerprint density at radius 1 is 1.20 bits per heavy atom. The first-order chi connectivity index (χ1) is 14.5. The van der Waals surface area contributed by atoms with Crippen LogP contribution >= 0.6 is 11.6 Å². The molecule has 2 aromatic heterocycles. The molecule has 8 heteroatoms. The van der Waals surface area contributed by atoms with Gasteiger partial charge in [0.25, 0.3) is 5.91 Å². The maximum atomic E-state index is 13.5. The number of aromatic nitrogens is 4. The fourth-order valence-corrected chi connectivity index (χ4v) is 3.85. The smallest absolute Gasteiger partial charge is 0.256 e. The van der Waals surface area contributed by atoms with Crippen molar-refractivity contribution in [1.82, 2.24) is 24.9 Å². The number of carbonyl (C=O) groups excluding carboxylic acids is 1. The lowest BCUT2D eigenvalue weighted by molar-refractivity contribution is 0.0502. The fourth-order valence-electron chi connectivity index (χ4n) is 3.74. The Morgan fingerprint density at radius 3 is 2.73 bits per heavy atom. The summed E-state index contributed by atoms with van der Waals surface area (Å²) in [6, 6.07) is 9.43. The van der Waals surface area contributed by atoms with Crippen LogP contribution in [0, 0.1) is 12.8 Å². The van der Waals surface area contributed by atoms with E-state index in [9.17, 15) is 4.79 Å². The molecule has 1 aliphatic heterocycles. The van der Waals surface area contributed by atoms with Crippen molar-refractivity contribution in [2.75, 3.05) is 13.2 Å². The van der Waals surface area contributed by atoms with E-state index in [2.05, 4.69) is 22.1 Å². The van der Waals surface area contributed by atoms with E-state index in [-0.39, 0.29) is 17.9 Å². The van der Waals surface area contributed by atoms with Crippen molar-refractivity contribution in [1.29, 1.82) is 0 Å². The molecule has 3 heterocycles. The summed E-state index contributed by atoms with van der Waals surface area (Å²) in [5.74, 6) is 0.771. The second kappa shape index (κ2) is 8.83. The fraction of sp³-hybridized carbons (Fsp3) is 0.364. The number of likely N-dealkylation sites (tertiary alicyclic amines) is 1. The molecule has 0 bridgehead atoms. The lowest BCUT2D eigenvalue weighted by Crippen LogP contribution is -2.47. The molecule has 30 heavy (non-hydrogen) atoms. The number of carbonyl (C=O) groups is 1. The molecule has 1 amide bonds. The Balaban J connectivity index is 1.50. The van der Waals surface area contributed by atoms with Gasteiger partial charge in [-0.05, 0) is 44.9 Å². The molecule has 0 aliphatic carbocycles. The van der Waals surface area contributed by atoms with Crippen molar-refractivity contribution in [3.05, 3.63) is 65.1 Å². The lowest BCUT2D eigenvalue weighted by atomic mass is 9.93. The summed E-state index contributed by atoms with van der Waals surface area (Å²) in [6.07, 6.45) is 6.71. The van der Waals surface area contributed by atoms with Crippen molar-refractivity contribution in [3.8, 4) is 11.6 Å². The zero-order chi connectivity index (χ0) is 21.1. The van der Waals surface area contributed by atoms with E-state index in [0.29, 0.717) is 35.3 Å². The molecule has 1 saturated heterocycles. The number of halogens is 1. The first kappa shape index (κ1) is 20.3. The molecule has 7 nitrogen and oxygen atoms in total. The first-order valence-electron chi connectivity index (χ1n) is 10.0. The molecule has 2 atom stereocenters. The van der Waals surface area contributed by atoms with Gasteiger partial charge < -0.3 is 9.64 Å². The molecule has 3 aromatic rings. The van der Waals surface area contributed by atoms with E-state index in [1.165, 1.54) is 4.80 Å². The van der Waals surface area contributed by atoms with Crippen molar-refractivity contribution >= 4 is 17.5 Å². The number of benzene rings is 1. The Morgan fingerprint density at radius 2 is 2.00 bits per heavy atom. The van der Waals surface area contributed by atoms with Gasteiger partial charge in [0, 0.05) is 30.8 Å². The predicted octanol–water partition coefficient (Wildman–Crippen LogP) is 3.94. The van der Waals surface area contributed by atoms with E-state index in [1.807, 2.05) is 30.0 Å². The van der Waals surface area contributed by atoms with Crippen LogP contribution in [0.25, 0.3) is 5.69 Å². The maximum Gasteiger partial charge on any atom is 0.256 e. The summed E-state index contributed by atoms with van der Waals surface area (Å²) in [5.41, 5.74) is 2.32. The number of hydrogen-bond acceptors (Lipinski definition) is 5. The Labute approximate surface area is 180 Å². The van der Waals surface area contributed by atoms with Gasteiger partial charge in [-0.1, -0.05) is 23.2 Å². The summed E-state index contributed by atoms with van der Waals surface area (Å²) in [4.78, 5) is 21.1. The summed E-state index contributed by atoms with van der Waals surface area (Å²) in [7, 11) is 0. The number of hydrogen-bond donors (Lipinski definition) is 0. The largest absolute Gasteiger partial charge is 0.477 e. The van der Waals surface area contributed by atoms with E-state index in [4.69, 9.17) is 16.3 Å². The van der Waals surface area contributed by atoms with Gasteiger partial charge in [0.2, 0.25) is 5.88 Å². The van der Waals surface area contributed by atoms with Gasteiger partial charge in [0.15, 0.2) is 0 Å². The monoisotopic (exact) mass is 425 g/mol. The summed E-state index contributed by atoms with van der Waals surface area (Å²) < 4.78 is 5.84. The third-order valence-corrected chi connectivity index (χ3v) is 5.65. The van der Waals surface area contributed by atoms with Crippen LogP contribution in [0.4, 0.5) is 0 Å². The highest BCUT2D eigenvalue weighted by atomic mass is 35.5. The molecule has 1 aromatic carbocycles. The SMILES string of the molecule is Cc1ccc(-n2nccn2)c(C(=O)N2C[C@H](COc3ccc(Cl)cn3)CC[C@H]2C)c1. The molecule has 4 rings (SSSR count). The molecule has 1 fully saturated rings. The second-order valence-corrected chi connectivity index (χ2v) is 8.15. The van der Waals surface area contributed by atoms with E-state index in [1.54, 1.807) is 30.7 Å². The summed E-state index contributed by atoms with van der Waals surface area (Å²) in [6.45, 7) is 5.21. The highest BCUT2D eigenvalue weighted by Crippen LogP contribution is 2.26. The van der Waals surface area contributed by atoms with Gasteiger partial charge in [-0.3, -0.25) is 4.79 Å². The number of amides is 1. The van der Waals surface area contributed by atoms with Crippen molar-refractivity contribution < 1.29 is 9.53 Å². The quantitative estimate of drug-likeness (QED) is 0.619. The van der Waals surface area contributed by atoms with E-state index < -0.39 is 0 Å². The van der Waals surface area contributed by atoms with Gasteiger partial charge in [-0.15, -0.1) is 0 Å². The number of rotatable bonds is 5. The highest BCUT2D eigenvalue weighted by Gasteiger charge is 2.31.